The van der Waals surface area contributed by atoms with E-state index in [-0.39, 0.29) is 24.2 Å². The zero-order chi connectivity index (χ0) is 20.9. The van der Waals surface area contributed by atoms with Crippen LogP contribution in [0.4, 0.5) is 13.2 Å². The summed E-state index contributed by atoms with van der Waals surface area (Å²) in [6, 6.07) is 2.17. The number of nitrogens with one attached hydrogen (secondary N) is 1. The summed E-state index contributed by atoms with van der Waals surface area (Å²) in [6.45, 7) is 6.82. The first kappa shape index (κ1) is 22.2. The van der Waals surface area contributed by atoms with Crippen molar-refractivity contribution in [3.8, 4) is 0 Å². The lowest BCUT2D eigenvalue weighted by atomic mass is 9.91. The zero-order valence-corrected chi connectivity index (χ0v) is 15.7. The molecule has 28 heavy (non-hydrogen) atoms. The number of aliphatic carboxylic acids is 1. The number of rotatable bonds is 4. The monoisotopic (exact) mass is 406 g/mol. The van der Waals surface area contributed by atoms with Crippen LogP contribution < -0.4 is 5.32 Å². The van der Waals surface area contributed by atoms with E-state index in [0.717, 1.165) is 32.5 Å². The molecule has 0 aliphatic carbocycles. The van der Waals surface area contributed by atoms with Crippen LogP contribution in [0.5, 0.6) is 0 Å². The van der Waals surface area contributed by atoms with Crippen LogP contribution in [-0.2, 0) is 20.9 Å². The predicted molar refractivity (Wildman–Crippen MR) is 92.3 cm³/mol. The molecule has 1 aromatic rings. The van der Waals surface area contributed by atoms with Gasteiger partial charge in [-0.25, -0.2) is 4.79 Å². The molecular weight excluding hydrogens is 381 g/mol. The maximum Gasteiger partial charge on any atom is 0.490 e. The summed E-state index contributed by atoms with van der Waals surface area (Å²) in [5.74, 6) is -2.19. The first-order chi connectivity index (χ1) is 13.1. The van der Waals surface area contributed by atoms with E-state index in [1.54, 1.807) is 12.5 Å². The second-order valence-corrected chi connectivity index (χ2v) is 7.28. The highest BCUT2D eigenvalue weighted by Crippen LogP contribution is 2.33. The average Bonchev–Trinajstić information content (AvgIpc) is 3.22. The largest absolute Gasteiger partial charge is 0.490 e. The van der Waals surface area contributed by atoms with Crippen molar-refractivity contribution in [1.29, 1.82) is 0 Å². The van der Waals surface area contributed by atoms with Gasteiger partial charge < -0.3 is 19.6 Å². The number of alkyl halides is 3. The third-order valence-electron chi connectivity index (χ3n) is 4.59. The van der Waals surface area contributed by atoms with E-state index >= 15 is 0 Å². The molecule has 0 unspecified atom stereocenters. The fourth-order valence-electron chi connectivity index (χ4n) is 3.33. The number of hydrogen-bond acceptors (Lipinski definition) is 5. The van der Waals surface area contributed by atoms with Gasteiger partial charge in [0.2, 0.25) is 5.91 Å². The molecule has 2 aliphatic heterocycles. The van der Waals surface area contributed by atoms with Crippen LogP contribution in [-0.4, -0.2) is 59.4 Å². The topological polar surface area (TPSA) is 92.0 Å². The number of halogens is 3. The fourth-order valence-corrected chi connectivity index (χ4v) is 3.33. The summed E-state index contributed by atoms with van der Waals surface area (Å²) in [5.41, 5.74) is 1.19. The summed E-state index contributed by atoms with van der Waals surface area (Å²) >= 11 is 0. The first-order valence-electron chi connectivity index (χ1n) is 9.05. The Bertz CT molecular complexity index is 648. The van der Waals surface area contributed by atoms with Crippen LogP contribution in [0, 0.1) is 5.92 Å². The van der Waals surface area contributed by atoms with Gasteiger partial charge >= 0.3 is 12.1 Å². The summed E-state index contributed by atoms with van der Waals surface area (Å²) < 4.78 is 42.9. The van der Waals surface area contributed by atoms with Crippen molar-refractivity contribution in [1.82, 2.24) is 10.2 Å². The Hall–Kier alpha value is -2.07. The van der Waals surface area contributed by atoms with E-state index < -0.39 is 12.1 Å². The van der Waals surface area contributed by atoms with Crippen molar-refractivity contribution in [3.63, 3.8) is 0 Å². The van der Waals surface area contributed by atoms with E-state index in [4.69, 9.17) is 19.1 Å². The lowest BCUT2D eigenvalue weighted by molar-refractivity contribution is -0.192. The highest BCUT2D eigenvalue weighted by molar-refractivity contribution is 5.81. The molecule has 0 saturated carbocycles. The molecule has 3 heterocycles. The molecule has 2 saturated heterocycles. The number of furan rings is 1. The Morgan fingerprint density at radius 3 is 2.61 bits per heavy atom. The van der Waals surface area contributed by atoms with Gasteiger partial charge in [0.05, 0.1) is 18.6 Å². The van der Waals surface area contributed by atoms with Gasteiger partial charge in [0, 0.05) is 24.7 Å². The Morgan fingerprint density at radius 2 is 2.07 bits per heavy atom. The molecule has 0 bridgehead atoms. The van der Waals surface area contributed by atoms with Crippen LogP contribution >= 0.6 is 0 Å². The minimum Gasteiger partial charge on any atom is -0.475 e. The summed E-state index contributed by atoms with van der Waals surface area (Å²) in [5, 5.41) is 10.1. The van der Waals surface area contributed by atoms with Crippen molar-refractivity contribution >= 4 is 11.9 Å². The van der Waals surface area contributed by atoms with Crippen molar-refractivity contribution in [2.24, 2.45) is 5.92 Å². The first-order valence-corrected chi connectivity index (χ1v) is 9.05. The lowest BCUT2D eigenvalue weighted by Crippen LogP contribution is -2.42. The molecule has 0 aromatic carbocycles. The molecule has 1 amide bonds. The molecule has 2 N–H and O–H groups in total. The van der Waals surface area contributed by atoms with Gasteiger partial charge in [0.15, 0.2) is 0 Å². The third kappa shape index (κ3) is 6.52. The Balaban J connectivity index is 0.000000345. The Labute approximate surface area is 160 Å². The molecule has 2 aliphatic rings. The summed E-state index contributed by atoms with van der Waals surface area (Å²) in [4.78, 5) is 23.4. The second kappa shape index (κ2) is 9.42. The average molecular weight is 406 g/mol. The SMILES string of the molecule is CC(C)NC(=O)[C@@H]1C[C@@H]2CCN(Cc3ccoc3)C[C@H]2O1.O=C(O)C(F)(F)F. The van der Waals surface area contributed by atoms with Crippen molar-refractivity contribution in [3.05, 3.63) is 24.2 Å². The number of carbonyl (C=O) groups excluding carboxylic acids is 1. The molecule has 0 spiro atoms. The van der Waals surface area contributed by atoms with E-state index in [1.165, 1.54) is 5.56 Å². The fraction of sp³-hybridized carbons (Fsp3) is 0.667. The number of carboxylic acid groups (broad SMARTS) is 1. The van der Waals surface area contributed by atoms with Gasteiger partial charge in [-0.15, -0.1) is 0 Å². The van der Waals surface area contributed by atoms with E-state index in [9.17, 15) is 18.0 Å². The number of fused-ring (bicyclic) bond motifs is 1. The van der Waals surface area contributed by atoms with Gasteiger partial charge in [-0.1, -0.05) is 0 Å². The molecular formula is C18H25F3N2O5. The maximum absolute atomic E-state index is 12.1. The molecule has 0 radical (unpaired) electrons. The number of carboxylic acids is 1. The Kier molecular flexibility index (Phi) is 7.48. The number of ether oxygens (including phenoxy) is 1. The van der Waals surface area contributed by atoms with Gasteiger partial charge in [-0.3, -0.25) is 9.69 Å². The van der Waals surface area contributed by atoms with Crippen molar-refractivity contribution in [2.75, 3.05) is 13.1 Å². The van der Waals surface area contributed by atoms with Gasteiger partial charge in [0.1, 0.15) is 6.10 Å². The molecule has 3 rings (SSSR count). The normalized spacial score (nSPS) is 25.0. The number of nitrogens with zero attached hydrogens (tertiary/aromatic N) is 1. The van der Waals surface area contributed by atoms with E-state index in [2.05, 4.69) is 10.2 Å². The lowest BCUT2D eigenvalue weighted by Gasteiger charge is -2.33. The minimum absolute atomic E-state index is 0.0424. The highest BCUT2D eigenvalue weighted by atomic mass is 19.4. The molecule has 3 atom stereocenters. The third-order valence-corrected chi connectivity index (χ3v) is 4.59. The molecule has 2 fully saturated rings. The van der Waals surface area contributed by atoms with Crippen LogP contribution in [0.25, 0.3) is 0 Å². The quantitative estimate of drug-likeness (QED) is 0.798. The van der Waals surface area contributed by atoms with Crippen LogP contribution in [0.1, 0.15) is 32.3 Å². The number of likely N-dealkylation sites (tertiary alicyclic amines) is 1. The number of carbonyl (C=O) groups is 2. The second-order valence-electron chi connectivity index (χ2n) is 7.28. The van der Waals surface area contributed by atoms with Gasteiger partial charge in [-0.05, 0) is 45.2 Å². The van der Waals surface area contributed by atoms with Gasteiger partial charge in [0.25, 0.3) is 0 Å². The minimum atomic E-state index is -5.08. The summed E-state index contributed by atoms with van der Waals surface area (Å²) in [6.07, 6.45) is 0.308. The number of amides is 1. The van der Waals surface area contributed by atoms with E-state index in [1.807, 2.05) is 19.9 Å². The van der Waals surface area contributed by atoms with Crippen LogP contribution in [0.3, 0.4) is 0 Å². The van der Waals surface area contributed by atoms with Crippen LogP contribution in [0.15, 0.2) is 23.0 Å². The van der Waals surface area contributed by atoms with Crippen molar-refractivity contribution in [2.45, 2.75) is 57.7 Å². The Morgan fingerprint density at radius 1 is 1.39 bits per heavy atom. The summed E-state index contributed by atoms with van der Waals surface area (Å²) in [7, 11) is 0. The molecule has 1 aromatic heterocycles. The number of piperidine rings is 1. The molecule has 10 heteroatoms. The maximum atomic E-state index is 12.1. The van der Waals surface area contributed by atoms with Crippen molar-refractivity contribution < 1.29 is 37.0 Å². The standard InChI is InChI=1S/C16H24N2O3.C2HF3O2/c1-11(2)17-16(19)14-7-13-3-5-18(9-15(13)21-14)8-12-4-6-20-10-12;3-2(4,5)1(6)7/h4,6,10-11,13-15H,3,5,7-9H2,1-2H3,(H,17,19);(H,6,7)/t13-,14-,15+;/m0./s1. The number of hydrogen-bond donors (Lipinski definition) is 2. The van der Waals surface area contributed by atoms with Gasteiger partial charge in [-0.2, -0.15) is 13.2 Å². The highest BCUT2D eigenvalue weighted by Gasteiger charge is 2.41. The zero-order valence-electron chi connectivity index (χ0n) is 15.7. The smallest absolute Gasteiger partial charge is 0.475 e. The molecule has 7 nitrogen and oxygen atoms in total. The van der Waals surface area contributed by atoms with Crippen LogP contribution in [0.2, 0.25) is 0 Å². The molecule has 158 valence electrons. The van der Waals surface area contributed by atoms with E-state index in [0.29, 0.717) is 5.92 Å². The predicted octanol–water partition coefficient (Wildman–Crippen LogP) is 2.42.